The van der Waals surface area contributed by atoms with Crippen molar-refractivity contribution in [2.24, 2.45) is 0 Å². The Balaban J connectivity index is 2.27. The summed E-state index contributed by atoms with van der Waals surface area (Å²) in [5, 5.41) is 6.38. The summed E-state index contributed by atoms with van der Waals surface area (Å²) >= 11 is 0. The number of aromatic nitrogens is 3. The molecule has 0 fully saturated rings. The highest BCUT2D eigenvalue weighted by molar-refractivity contribution is 5.48. The second kappa shape index (κ2) is 5.71. The number of rotatable bonds is 4. The van der Waals surface area contributed by atoms with Crippen molar-refractivity contribution in [3.63, 3.8) is 0 Å². The summed E-state index contributed by atoms with van der Waals surface area (Å²) in [6.45, 7) is 10.1. The Kier molecular flexibility index (Phi) is 4.16. The Morgan fingerprint density at radius 3 is 2.38 bits per heavy atom. The van der Waals surface area contributed by atoms with Crippen molar-refractivity contribution >= 4 is 11.6 Å². The molecular weight excluding hydrogens is 266 g/mol. The summed E-state index contributed by atoms with van der Waals surface area (Å²) in [5.41, 5.74) is -0.119. The molecule has 6 heteroatoms. The minimum absolute atomic E-state index is 0.0638. The topological polar surface area (TPSA) is 75.9 Å². The quantitative estimate of drug-likeness (QED) is 0.899. The molecule has 2 heterocycles. The molecule has 2 N–H and O–H groups in total. The zero-order valence-electron chi connectivity index (χ0n) is 13.5. The first-order valence-electron chi connectivity index (χ1n) is 7.06. The van der Waals surface area contributed by atoms with Gasteiger partial charge >= 0.3 is 0 Å². The summed E-state index contributed by atoms with van der Waals surface area (Å²) in [6.07, 6.45) is 1.72. The second-order valence-electron chi connectivity index (χ2n) is 6.14. The first-order valence-corrected chi connectivity index (χ1v) is 7.06. The molecule has 2 rings (SSSR count). The standard InChI is InChI=1S/C15H23N5O/c1-9-8-17-13(21-9)10(2)18-12-7-11(16-6)19-14(20-12)15(3,4)5/h7-8,10H,1-6H3,(H2,16,18,19,20). The van der Waals surface area contributed by atoms with Crippen LogP contribution in [0.25, 0.3) is 0 Å². The molecule has 0 amide bonds. The maximum atomic E-state index is 5.54. The predicted octanol–water partition coefficient (Wildman–Crippen LogP) is 3.29. The lowest BCUT2D eigenvalue weighted by Crippen LogP contribution is -2.19. The number of hydrogen-bond donors (Lipinski definition) is 2. The Hall–Kier alpha value is -2.11. The van der Waals surface area contributed by atoms with Crippen LogP contribution in [0.15, 0.2) is 16.7 Å². The fourth-order valence-electron chi connectivity index (χ4n) is 1.84. The third-order valence-corrected chi connectivity index (χ3v) is 3.03. The van der Waals surface area contributed by atoms with Gasteiger partial charge in [0.25, 0.3) is 0 Å². The molecule has 0 aliphatic rings. The van der Waals surface area contributed by atoms with Crippen molar-refractivity contribution in [3.05, 3.63) is 29.7 Å². The van der Waals surface area contributed by atoms with Crippen LogP contribution in [0.5, 0.6) is 0 Å². The largest absolute Gasteiger partial charge is 0.444 e. The van der Waals surface area contributed by atoms with Crippen molar-refractivity contribution in [1.29, 1.82) is 0 Å². The van der Waals surface area contributed by atoms with Gasteiger partial charge in [-0.15, -0.1) is 0 Å². The van der Waals surface area contributed by atoms with Gasteiger partial charge in [0.15, 0.2) is 0 Å². The minimum Gasteiger partial charge on any atom is -0.444 e. The lowest BCUT2D eigenvalue weighted by atomic mass is 9.96. The maximum Gasteiger partial charge on any atom is 0.216 e. The van der Waals surface area contributed by atoms with Crippen LogP contribution >= 0.6 is 0 Å². The number of nitrogens with one attached hydrogen (secondary N) is 2. The third-order valence-electron chi connectivity index (χ3n) is 3.03. The molecule has 0 bridgehead atoms. The van der Waals surface area contributed by atoms with E-state index in [-0.39, 0.29) is 11.5 Å². The number of oxazole rings is 1. The van der Waals surface area contributed by atoms with Crippen LogP contribution < -0.4 is 10.6 Å². The van der Waals surface area contributed by atoms with Crippen molar-refractivity contribution in [3.8, 4) is 0 Å². The van der Waals surface area contributed by atoms with E-state index in [1.54, 1.807) is 6.20 Å². The molecule has 0 aromatic carbocycles. The molecule has 0 aliphatic carbocycles. The van der Waals surface area contributed by atoms with E-state index in [2.05, 4.69) is 46.4 Å². The molecule has 6 nitrogen and oxygen atoms in total. The fraction of sp³-hybridized carbons (Fsp3) is 0.533. The van der Waals surface area contributed by atoms with Gasteiger partial charge in [0.05, 0.1) is 6.20 Å². The van der Waals surface area contributed by atoms with E-state index in [0.29, 0.717) is 5.89 Å². The molecule has 114 valence electrons. The van der Waals surface area contributed by atoms with Gasteiger partial charge in [0, 0.05) is 18.5 Å². The van der Waals surface area contributed by atoms with E-state index < -0.39 is 0 Å². The van der Waals surface area contributed by atoms with Crippen LogP contribution in [0.1, 0.15) is 51.2 Å². The van der Waals surface area contributed by atoms with E-state index in [4.69, 9.17) is 4.42 Å². The number of nitrogens with zero attached hydrogens (tertiary/aromatic N) is 3. The third kappa shape index (κ3) is 3.71. The molecule has 0 saturated heterocycles. The normalized spacial score (nSPS) is 13.0. The van der Waals surface area contributed by atoms with Gasteiger partial charge in [0.1, 0.15) is 29.3 Å². The summed E-state index contributed by atoms with van der Waals surface area (Å²) in [5.74, 6) is 3.77. The summed E-state index contributed by atoms with van der Waals surface area (Å²) in [7, 11) is 1.85. The van der Waals surface area contributed by atoms with E-state index in [9.17, 15) is 0 Å². The van der Waals surface area contributed by atoms with Crippen molar-refractivity contribution < 1.29 is 4.42 Å². The van der Waals surface area contributed by atoms with E-state index >= 15 is 0 Å². The van der Waals surface area contributed by atoms with Gasteiger partial charge in [-0.25, -0.2) is 15.0 Å². The SMILES string of the molecule is CNc1cc(NC(C)c2ncc(C)o2)nc(C(C)(C)C)n1. The van der Waals surface area contributed by atoms with Gasteiger partial charge in [-0.2, -0.15) is 0 Å². The molecule has 0 saturated carbocycles. The first-order chi connectivity index (χ1) is 9.79. The highest BCUT2D eigenvalue weighted by Gasteiger charge is 2.20. The average molecular weight is 289 g/mol. The van der Waals surface area contributed by atoms with Crippen LogP contribution in [-0.2, 0) is 5.41 Å². The minimum atomic E-state index is -0.119. The summed E-state index contributed by atoms with van der Waals surface area (Å²) in [4.78, 5) is 13.3. The Morgan fingerprint density at radius 2 is 1.86 bits per heavy atom. The molecule has 2 aromatic heterocycles. The molecule has 0 spiro atoms. The first kappa shape index (κ1) is 15.3. The highest BCUT2D eigenvalue weighted by Crippen LogP contribution is 2.24. The Bertz CT molecular complexity index is 615. The van der Waals surface area contributed by atoms with Crippen LogP contribution in [0.4, 0.5) is 11.6 Å². The number of hydrogen-bond acceptors (Lipinski definition) is 6. The Labute approximate surface area is 125 Å². The van der Waals surface area contributed by atoms with Gasteiger partial charge in [-0.3, -0.25) is 0 Å². The molecule has 1 unspecified atom stereocenters. The predicted molar refractivity (Wildman–Crippen MR) is 83.6 cm³/mol. The van der Waals surface area contributed by atoms with Gasteiger partial charge in [0.2, 0.25) is 5.89 Å². The van der Waals surface area contributed by atoms with Crippen molar-refractivity contribution in [2.75, 3.05) is 17.7 Å². The zero-order valence-corrected chi connectivity index (χ0v) is 13.5. The summed E-state index contributed by atoms with van der Waals surface area (Å²) in [6, 6.07) is 1.81. The lowest BCUT2D eigenvalue weighted by Gasteiger charge is -2.20. The monoisotopic (exact) mass is 289 g/mol. The highest BCUT2D eigenvalue weighted by atomic mass is 16.4. The maximum absolute atomic E-state index is 5.54. The van der Waals surface area contributed by atoms with E-state index in [0.717, 1.165) is 23.2 Å². The van der Waals surface area contributed by atoms with Crippen LogP contribution in [-0.4, -0.2) is 22.0 Å². The number of aryl methyl sites for hydroxylation is 1. The van der Waals surface area contributed by atoms with Crippen LogP contribution in [0, 0.1) is 6.92 Å². The molecule has 1 atom stereocenters. The average Bonchev–Trinajstić information content (AvgIpc) is 2.84. The van der Waals surface area contributed by atoms with Crippen molar-refractivity contribution in [1.82, 2.24) is 15.0 Å². The molecule has 2 aromatic rings. The lowest BCUT2D eigenvalue weighted by molar-refractivity contribution is 0.453. The van der Waals surface area contributed by atoms with Crippen molar-refractivity contribution in [2.45, 2.75) is 46.1 Å². The smallest absolute Gasteiger partial charge is 0.216 e. The fourth-order valence-corrected chi connectivity index (χ4v) is 1.84. The van der Waals surface area contributed by atoms with Crippen LogP contribution in [0.3, 0.4) is 0 Å². The number of anilines is 2. The zero-order chi connectivity index (χ0) is 15.6. The molecule has 0 radical (unpaired) electrons. The summed E-state index contributed by atoms with van der Waals surface area (Å²) < 4.78 is 5.54. The Morgan fingerprint density at radius 1 is 1.19 bits per heavy atom. The second-order valence-corrected chi connectivity index (χ2v) is 6.14. The van der Waals surface area contributed by atoms with E-state index in [1.165, 1.54) is 0 Å². The molecule has 0 aliphatic heterocycles. The molecule has 21 heavy (non-hydrogen) atoms. The molecular formula is C15H23N5O. The van der Waals surface area contributed by atoms with E-state index in [1.807, 2.05) is 27.0 Å². The van der Waals surface area contributed by atoms with Gasteiger partial charge < -0.3 is 15.1 Å². The van der Waals surface area contributed by atoms with Gasteiger partial charge in [-0.05, 0) is 13.8 Å². The van der Waals surface area contributed by atoms with Gasteiger partial charge in [-0.1, -0.05) is 20.8 Å². The van der Waals surface area contributed by atoms with Crippen LogP contribution in [0.2, 0.25) is 0 Å².